The van der Waals surface area contributed by atoms with Gasteiger partial charge in [0, 0.05) is 35.6 Å². The van der Waals surface area contributed by atoms with Gasteiger partial charge in [-0.1, -0.05) is 64.9 Å². The van der Waals surface area contributed by atoms with Gasteiger partial charge in [-0.05, 0) is 42.3 Å². The molecule has 1 amide bonds. The number of carbonyl (C=O) groups is 2. The Morgan fingerprint density at radius 2 is 1.55 bits per heavy atom. The van der Waals surface area contributed by atoms with Gasteiger partial charge in [0.05, 0.1) is 12.1 Å². The third kappa shape index (κ3) is 7.65. The fourth-order valence-electron chi connectivity index (χ4n) is 3.42. The van der Waals surface area contributed by atoms with Gasteiger partial charge in [0.1, 0.15) is 0 Å². The minimum Gasteiger partial charge on any atom is -0.398 e. The van der Waals surface area contributed by atoms with Crippen LogP contribution in [0.4, 0.5) is 11.4 Å². The molecule has 0 bridgehead atoms. The highest BCUT2D eigenvalue weighted by molar-refractivity contribution is 6.06. The third-order valence-electron chi connectivity index (χ3n) is 5.09. The first kappa shape index (κ1) is 27.7. The first-order valence-electron chi connectivity index (χ1n) is 11.6. The minimum atomic E-state index is -0.226. The van der Waals surface area contributed by atoms with Crippen molar-refractivity contribution >= 4 is 23.1 Å². The number of fused-ring (bicyclic) bond motifs is 1. The molecule has 0 atom stereocenters. The van der Waals surface area contributed by atoms with Crippen molar-refractivity contribution in [3.05, 3.63) is 58.1 Å². The molecule has 33 heavy (non-hydrogen) atoms. The maximum atomic E-state index is 12.9. The molecule has 0 radical (unpaired) electrons. The van der Waals surface area contributed by atoms with E-state index in [-0.39, 0.29) is 23.1 Å². The van der Waals surface area contributed by atoms with Crippen molar-refractivity contribution in [2.45, 2.75) is 67.0 Å². The van der Waals surface area contributed by atoms with Crippen LogP contribution in [0.15, 0.2) is 30.3 Å². The number of nitrogen functional groups attached to an aromatic ring is 2. The normalized spacial score (nSPS) is 11.2. The molecule has 2 aromatic carbocycles. The van der Waals surface area contributed by atoms with E-state index in [0.717, 1.165) is 16.7 Å². The number of ketones is 1. The summed E-state index contributed by atoms with van der Waals surface area (Å²) in [4.78, 5) is 26.3. The minimum absolute atomic E-state index is 0.204. The standard InChI is InChI=1S/C20H20N4O2.C5H12.C2H6/c1-12(25)16-8-17(19(23)9-18(16)22)20(26)24-10-14-5-4-13(3-2-6-21)7-15(14)11-24;1-3-5-4-2;1-2/h4-5,7-9H,6,10-11,21-23H2,1H3;3-5H2,1-2H3;1-2H3. The van der Waals surface area contributed by atoms with Crippen molar-refractivity contribution in [1.82, 2.24) is 4.90 Å². The molecule has 0 aromatic heterocycles. The zero-order valence-electron chi connectivity index (χ0n) is 20.6. The van der Waals surface area contributed by atoms with Gasteiger partial charge < -0.3 is 22.1 Å². The van der Waals surface area contributed by atoms with E-state index in [9.17, 15) is 9.59 Å². The molecule has 0 aliphatic carbocycles. The second-order valence-corrected chi connectivity index (χ2v) is 7.59. The number of hydrogen-bond acceptors (Lipinski definition) is 5. The number of carbonyl (C=O) groups excluding carboxylic acids is 2. The average Bonchev–Trinajstić information content (AvgIpc) is 3.23. The highest BCUT2D eigenvalue weighted by atomic mass is 16.2. The predicted molar refractivity (Wildman–Crippen MR) is 138 cm³/mol. The Bertz CT molecular complexity index is 1020. The second kappa shape index (κ2) is 14.0. The van der Waals surface area contributed by atoms with E-state index in [1.54, 1.807) is 4.90 Å². The zero-order chi connectivity index (χ0) is 25.0. The van der Waals surface area contributed by atoms with Crippen molar-refractivity contribution in [1.29, 1.82) is 0 Å². The van der Waals surface area contributed by atoms with Gasteiger partial charge in [0.15, 0.2) is 5.78 Å². The van der Waals surface area contributed by atoms with E-state index in [0.29, 0.717) is 30.8 Å². The summed E-state index contributed by atoms with van der Waals surface area (Å²) in [6, 6.07) is 8.81. The number of nitrogens with zero attached hydrogens (tertiary/aromatic N) is 1. The number of amides is 1. The molecule has 6 heteroatoms. The number of nitrogens with two attached hydrogens (primary N) is 3. The van der Waals surface area contributed by atoms with Gasteiger partial charge in [0.2, 0.25) is 0 Å². The van der Waals surface area contributed by atoms with Crippen LogP contribution in [0, 0.1) is 11.8 Å². The smallest absolute Gasteiger partial charge is 0.256 e. The maximum Gasteiger partial charge on any atom is 0.256 e. The van der Waals surface area contributed by atoms with Crippen molar-refractivity contribution in [3.8, 4) is 11.8 Å². The van der Waals surface area contributed by atoms with Gasteiger partial charge in [-0.3, -0.25) is 9.59 Å². The molecule has 6 nitrogen and oxygen atoms in total. The van der Waals surface area contributed by atoms with Crippen molar-refractivity contribution < 1.29 is 9.59 Å². The van der Waals surface area contributed by atoms with Crippen LogP contribution in [-0.2, 0) is 13.1 Å². The van der Waals surface area contributed by atoms with Gasteiger partial charge in [-0.15, -0.1) is 0 Å². The fourth-order valence-corrected chi connectivity index (χ4v) is 3.42. The number of Topliss-reactive ketones (excluding diaryl/α,β-unsaturated/α-hetero) is 1. The third-order valence-corrected chi connectivity index (χ3v) is 5.09. The van der Waals surface area contributed by atoms with Crippen LogP contribution in [-0.4, -0.2) is 23.1 Å². The average molecular weight is 451 g/mol. The highest BCUT2D eigenvalue weighted by Crippen LogP contribution is 2.28. The summed E-state index contributed by atoms with van der Waals surface area (Å²) in [7, 11) is 0. The Morgan fingerprint density at radius 1 is 0.939 bits per heavy atom. The molecule has 1 aliphatic heterocycles. The van der Waals surface area contributed by atoms with Gasteiger partial charge >= 0.3 is 0 Å². The highest BCUT2D eigenvalue weighted by Gasteiger charge is 2.26. The molecule has 6 N–H and O–H groups in total. The van der Waals surface area contributed by atoms with Crippen LogP contribution in [0.1, 0.15) is 91.3 Å². The fraction of sp³-hybridized carbons (Fsp3) is 0.407. The molecule has 1 heterocycles. The van der Waals surface area contributed by atoms with Crippen molar-refractivity contribution in [3.63, 3.8) is 0 Å². The van der Waals surface area contributed by atoms with E-state index >= 15 is 0 Å². The molecular weight excluding hydrogens is 412 g/mol. The first-order chi connectivity index (χ1) is 15.8. The summed E-state index contributed by atoms with van der Waals surface area (Å²) in [6.07, 6.45) is 4.08. The van der Waals surface area contributed by atoms with Gasteiger partial charge in [0.25, 0.3) is 5.91 Å². The Kier molecular flexibility index (Phi) is 11.7. The molecular formula is C27H38N4O2. The Hall–Kier alpha value is -3.30. The van der Waals surface area contributed by atoms with Crippen molar-refractivity contribution in [2.24, 2.45) is 5.73 Å². The maximum absolute atomic E-state index is 12.9. The van der Waals surface area contributed by atoms with E-state index in [1.807, 2.05) is 32.0 Å². The van der Waals surface area contributed by atoms with Gasteiger partial charge in [-0.25, -0.2) is 0 Å². The monoisotopic (exact) mass is 450 g/mol. The number of rotatable bonds is 4. The van der Waals surface area contributed by atoms with E-state index < -0.39 is 0 Å². The van der Waals surface area contributed by atoms with E-state index in [4.69, 9.17) is 17.2 Å². The molecule has 178 valence electrons. The predicted octanol–water partition coefficient (Wildman–Crippen LogP) is 4.74. The lowest BCUT2D eigenvalue weighted by Gasteiger charge is -2.18. The Labute approximate surface area is 198 Å². The SMILES string of the molecule is CC.CC(=O)c1cc(C(=O)N2Cc3ccc(C#CCN)cc3C2)c(N)cc1N.CCCCC. The summed E-state index contributed by atoms with van der Waals surface area (Å²) in [5.41, 5.74) is 21.3. The van der Waals surface area contributed by atoms with Crippen molar-refractivity contribution in [2.75, 3.05) is 18.0 Å². The summed E-state index contributed by atoms with van der Waals surface area (Å²) >= 11 is 0. The number of benzene rings is 2. The van der Waals surface area contributed by atoms with Crippen LogP contribution < -0.4 is 17.2 Å². The molecule has 2 aromatic rings. The summed E-state index contributed by atoms with van der Waals surface area (Å²) in [6.45, 7) is 11.1. The molecule has 0 spiro atoms. The van der Waals surface area contributed by atoms with E-state index in [1.165, 1.54) is 38.3 Å². The lowest BCUT2D eigenvalue weighted by Crippen LogP contribution is -2.26. The molecule has 0 unspecified atom stereocenters. The topological polar surface area (TPSA) is 115 Å². The lowest BCUT2D eigenvalue weighted by atomic mass is 10.0. The van der Waals surface area contributed by atoms with Crippen LogP contribution >= 0.6 is 0 Å². The number of unbranched alkanes of at least 4 members (excludes halogenated alkanes) is 2. The van der Waals surface area contributed by atoms with Crippen LogP contribution in [0.5, 0.6) is 0 Å². The Balaban J connectivity index is 0.000000689. The lowest BCUT2D eigenvalue weighted by molar-refractivity contribution is 0.0752. The number of hydrogen-bond donors (Lipinski definition) is 3. The summed E-state index contributed by atoms with van der Waals surface area (Å²) in [5, 5.41) is 0. The second-order valence-electron chi connectivity index (χ2n) is 7.59. The summed E-state index contributed by atoms with van der Waals surface area (Å²) in [5.74, 6) is 5.39. The first-order valence-corrected chi connectivity index (χ1v) is 11.6. The van der Waals surface area contributed by atoms with Crippen LogP contribution in [0.2, 0.25) is 0 Å². The van der Waals surface area contributed by atoms with Gasteiger partial charge in [-0.2, -0.15) is 0 Å². The Morgan fingerprint density at radius 3 is 2.09 bits per heavy atom. The zero-order valence-corrected chi connectivity index (χ0v) is 20.6. The largest absolute Gasteiger partial charge is 0.398 e. The quantitative estimate of drug-likeness (QED) is 0.353. The summed E-state index contributed by atoms with van der Waals surface area (Å²) < 4.78 is 0. The number of anilines is 2. The molecule has 0 saturated heterocycles. The molecule has 3 rings (SSSR count). The van der Waals surface area contributed by atoms with E-state index in [2.05, 4.69) is 25.7 Å². The molecule has 0 saturated carbocycles. The molecule has 1 aliphatic rings. The van der Waals surface area contributed by atoms with Crippen LogP contribution in [0.25, 0.3) is 0 Å². The van der Waals surface area contributed by atoms with Crippen LogP contribution in [0.3, 0.4) is 0 Å². The molecule has 0 fully saturated rings.